The van der Waals surface area contributed by atoms with Crippen molar-refractivity contribution in [3.63, 3.8) is 0 Å². The highest BCUT2D eigenvalue weighted by Gasteiger charge is 1.84. The fourth-order valence-corrected chi connectivity index (χ4v) is 0.264. The Morgan fingerprint density at radius 1 is 2.00 bits per heavy atom. The SMILES string of the molecule is [2H]c1[nH]c(=O)c([2H])nc1F. The van der Waals surface area contributed by atoms with Gasteiger partial charge in [0, 0.05) is 0 Å². The van der Waals surface area contributed by atoms with Crippen LogP contribution in [0.2, 0.25) is 0 Å². The van der Waals surface area contributed by atoms with Gasteiger partial charge in [-0.3, -0.25) is 4.79 Å². The minimum atomic E-state index is -1.13. The number of nitrogens with zero attached hydrogens (tertiary/aromatic N) is 1. The van der Waals surface area contributed by atoms with Crippen molar-refractivity contribution in [2.45, 2.75) is 0 Å². The first-order valence-corrected chi connectivity index (χ1v) is 1.84. The molecular weight excluding hydrogens is 111 g/mol. The minimum Gasteiger partial charge on any atom is -0.323 e. The van der Waals surface area contributed by atoms with Gasteiger partial charge >= 0.3 is 0 Å². The van der Waals surface area contributed by atoms with E-state index in [1.54, 1.807) is 4.98 Å². The van der Waals surface area contributed by atoms with Crippen molar-refractivity contribution in [1.82, 2.24) is 9.97 Å². The summed E-state index contributed by atoms with van der Waals surface area (Å²) in [5.74, 6) is -1.13. The van der Waals surface area contributed by atoms with E-state index < -0.39 is 23.9 Å². The van der Waals surface area contributed by atoms with Crippen molar-refractivity contribution in [1.29, 1.82) is 0 Å². The number of hydrogen-bond acceptors (Lipinski definition) is 2. The minimum absolute atomic E-state index is 0.694. The van der Waals surface area contributed by atoms with Crippen molar-refractivity contribution in [2.24, 2.45) is 0 Å². The van der Waals surface area contributed by atoms with E-state index in [9.17, 15) is 9.18 Å². The molecule has 0 aliphatic heterocycles. The highest BCUT2D eigenvalue weighted by molar-refractivity contribution is 4.76. The molecule has 0 saturated heterocycles. The Balaban J connectivity index is 3.43. The number of H-pyrrole nitrogens is 1. The predicted molar refractivity (Wildman–Crippen MR) is 24.8 cm³/mol. The molecule has 0 aliphatic rings. The predicted octanol–water partition coefficient (Wildman–Crippen LogP) is -0.0910. The molecule has 4 heteroatoms. The van der Waals surface area contributed by atoms with E-state index in [1.807, 2.05) is 0 Å². The number of aromatic nitrogens is 2. The Kier molecular flexibility index (Phi) is 0.641. The topological polar surface area (TPSA) is 45.8 Å². The van der Waals surface area contributed by atoms with E-state index in [0.717, 1.165) is 0 Å². The molecule has 0 fully saturated rings. The van der Waals surface area contributed by atoms with Crippen LogP contribution < -0.4 is 5.56 Å². The lowest BCUT2D eigenvalue weighted by molar-refractivity contribution is 0.574. The largest absolute Gasteiger partial charge is 0.323 e. The van der Waals surface area contributed by atoms with Crippen LogP contribution in [0.25, 0.3) is 0 Å². The molecule has 0 aliphatic carbocycles. The van der Waals surface area contributed by atoms with Crippen molar-refractivity contribution in [3.8, 4) is 0 Å². The van der Waals surface area contributed by atoms with Crippen molar-refractivity contribution >= 4 is 0 Å². The third-order valence-electron chi connectivity index (χ3n) is 0.535. The summed E-state index contributed by atoms with van der Waals surface area (Å²) in [5, 5.41) is 0. The Labute approximate surface area is 47.0 Å². The average molecular weight is 116 g/mol. The van der Waals surface area contributed by atoms with Gasteiger partial charge in [0.2, 0.25) is 5.95 Å². The summed E-state index contributed by atoms with van der Waals surface area (Å²) >= 11 is 0. The molecule has 8 heavy (non-hydrogen) atoms. The maximum atomic E-state index is 12.2. The summed E-state index contributed by atoms with van der Waals surface area (Å²) in [7, 11) is 0. The molecule has 0 saturated carbocycles. The summed E-state index contributed by atoms with van der Waals surface area (Å²) in [4.78, 5) is 15.0. The fraction of sp³-hybridized carbons (Fsp3) is 0. The highest BCUT2D eigenvalue weighted by Crippen LogP contribution is 1.77. The molecule has 0 amide bonds. The molecule has 1 rings (SSSR count). The molecule has 0 radical (unpaired) electrons. The van der Waals surface area contributed by atoms with Gasteiger partial charge in [-0.1, -0.05) is 0 Å². The van der Waals surface area contributed by atoms with Crippen LogP contribution in [0.5, 0.6) is 0 Å². The monoisotopic (exact) mass is 116 g/mol. The molecule has 1 aromatic heterocycles. The summed E-state index contributed by atoms with van der Waals surface area (Å²) in [5.41, 5.74) is -0.855. The molecule has 0 unspecified atom stereocenters. The Hall–Kier alpha value is -1.19. The summed E-state index contributed by atoms with van der Waals surface area (Å²) in [6.45, 7) is 0. The van der Waals surface area contributed by atoms with Crippen LogP contribution in [0.15, 0.2) is 17.1 Å². The fourth-order valence-electron chi connectivity index (χ4n) is 0.264. The second-order valence-electron chi connectivity index (χ2n) is 1.09. The molecule has 1 heterocycles. The van der Waals surface area contributed by atoms with Crippen LogP contribution >= 0.6 is 0 Å². The van der Waals surface area contributed by atoms with Gasteiger partial charge in [-0.25, -0.2) is 4.98 Å². The second kappa shape index (κ2) is 1.73. The number of nitrogens with one attached hydrogen (secondary N) is 1. The van der Waals surface area contributed by atoms with Gasteiger partial charge in [-0.2, -0.15) is 4.39 Å². The normalized spacial score (nSPS) is 12.6. The van der Waals surface area contributed by atoms with Gasteiger partial charge in [0.15, 0.2) is 0 Å². The molecule has 0 aromatic carbocycles. The molecular formula is C4H3FN2O. The van der Waals surface area contributed by atoms with Crippen LogP contribution in [-0.2, 0) is 0 Å². The molecule has 1 N–H and O–H groups in total. The molecule has 0 bridgehead atoms. The van der Waals surface area contributed by atoms with Crippen LogP contribution in [-0.4, -0.2) is 9.97 Å². The number of rotatable bonds is 0. The lowest BCUT2D eigenvalue weighted by Crippen LogP contribution is -2.04. The van der Waals surface area contributed by atoms with E-state index in [1.165, 1.54) is 0 Å². The highest BCUT2D eigenvalue weighted by atomic mass is 19.1. The van der Waals surface area contributed by atoms with Crippen molar-refractivity contribution in [3.05, 3.63) is 28.6 Å². The molecule has 3 nitrogen and oxygen atoms in total. The zero-order chi connectivity index (χ0) is 7.72. The Morgan fingerprint density at radius 2 is 2.75 bits per heavy atom. The number of halogens is 1. The molecule has 1 aromatic rings. The summed E-state index contributed by atoms with van der Waals surface area (Å²) < 4.78 is 25.5. The van der Waals surface area contributed by atoms with Gasteiger partial charge in [-0.15, -0.1) is 0 Å². The van der Waals surface area contributed by atoms with Gasteiger partial charge in [0.05, 0.1) is 15.1 Å². The van der Waals surface area contributed by atoms with Gasteiger partial charge in [0.25, 0.3) is 5.56 Å². The van der Waals surface area contributed by atoms with Crippen LogP contribution in [0.3, 0.4) is 0 Å². The van der Waals surface area contributed by atoms with Crippen molar-refractivity contribution < 1.29 is 7.13 Å². The zero-order valence-electron chi connectivity index (χ0n) is 5.73. The molecule has 42 valence electrons. The lowest BCUT2D eigenvalue weighted by Gasteiger charge is -1.79. The smallest absolute Gasteiger partial charge is 0.266 e. The number of aromatic amines is 1. The Morgan fingerprint density at radius 3 is 3.38 bits per heavy atom. The Bertz CT molecular complexity index is 311. The van der Waals surface area contributed by atoms with Gasteiger partial charge in [-0.05, 0) is 0 Å². The van der Waals surface area contributed by atoms with Crippen LogP contribution in [0, 0.1) is 5.95 Å². The molecule has 0 atom stereocenters. The van der Waals surface area contributed by atoms with Gasteiger partial charge in [0.1, 0.15) is 0 Å². The first-order chi connectivity index (χ1) is 4.61. The van der Waals surface area contributed by atoms with E-state index in [2.05, 4.69) is 4.98 Å². The van der Waals surface area contributed by atoms with E-state index in [4.69, 9.17) is 2.74 Å². The van der Waals surface area contributed by atoms with E-state index in [0.29, 0.717) is 0 Å². The quantitative estimate of drug-likeness (QED) is 0.514. The van der Waals surface area contributed by atoms with E-state index >= 15 is 0 Å². The van der Waals surface area contributed by atoms with Gasteiger partial charge < -0.3 is 4.98 Å². The van der Waals surface area contributed by atoms with E-state index in [-0.39, 0.29) is 0 Å². The maximum Gasteiger partial charge on any atom is 0.266 e. The third-order valence-corrected chi connectivity index (χ3v) is 0.535. The maximum absolute atomic E-state index is 12.2. The summed E-state index contributed by atoms with van der Waals surface area (Å²) in [6, 6.07) is 0. The first-order valence-electron chi connectivity index (χ1n) is 2.84. The average Bonchev–Trinajstić information content (AvgIpc) is 1.84. The zero-order valence-corrected chi connectivity index (χ0v) is 3.73. The van der Waals surface area contributed by atoms with Crippen LogP contribution in [0.4, 0.5) is 4.39 Å². The second-order valence-corrected chi connectivity index (χ2v) is 1.09. The lowest BCUT2D eigenvalue weighted by atomic mass is 10.7. The standard InChI is InChI=1S/C4H3FN2O/c5-3-1-7-4(8)2-6-3/h1-2H,(H,7,8)/i1D,2D. The molecule has 0 spiro atoms. The third kappa shape index (κ3) is 0.900. The van der Waals surface area contributed by atoms with Crippen molar-refractivity contribution in [2.75, 3.05) is 0 Å². The summed E-state index contributed by atoms with van der Waals surface area (Å²) in [6.07, 6.45) is -1.41. The number of hydrogen-bond donors (Lipinski definition) is 1. The first kappa shape index (κ1) is 2.96. The van der Waals surface area contributed by atoms with Crippen LogP contribution in [0.1, 0.15) is 2.74 Å².